The maximum Gasteiger partial charge on any atom is 0.304 e. The molecule has 1 atom stereocenters. The lowest BCUT2D eigenvalue weighted by Gasteiger charge is -2.36. The van der Waals surface area contributed by atoms with Gasteiger partial charge >= 0.3 is 10.2 Å². The maximum absolute atomic E-state index is 14.5. The van der Waals surface area contributed by atoms with Crippen molar-refractivity contribution in [2.24, 2.45) is 0 Å². The van der Waals surface area contributed by atoms with Gasteiger partial charge in [0, 0.05) is 48.2 Å². The Bertz CT molecular complexity index is 1540. The Morgan fingerprint density at radius 1 is 0.907 bits per heavy atom. The van der Waals surface area contributed by atoms with E-state index in [4.69, 9.17) is 23.2 Å². The van der Waals surface area contributed by atoms with Gasteiger partial charge in [0.2, 0.25) is 11.8 Å². The van der Waals surface area contributed by atoms with Gasteiger partial charge in [-0.3, -0.25) is 9.59 Å². The molecule has 11 heteroatoms. The summed E-state index contributed by atoms with van der Waals surface area (Å²) in [6, 6.07) is 18.8. The van der Waals surface area contributed by atoms with E-state index in [1.165, 1.54) is 19.0 Å². The SMILES string of the molecule is Cc1ccc(C)c(N(CC(=O)N(Cc2c(Cl)cccc2Cl)[C@H](Cc2ccccc2)C(=O)NC(C)(C)C)S(=O)(=O)N(C)C)c1. The van der Waals surface area contributed by atoms with Gasteiger partial charge in [0.1, 0.15) is 12.6 Å². The fraction of sp³-hybridized carbons (Fsp3) is 0.375. The number of nitrogens with one attached hydrogen (secondary N) is 1. The molecule has 0 aliphatic rings. The quantitative estimate of drug-likeness (QED) is 0.286. The van der Waals surface area contributed by atoms with Crippen LogP contribution in [0.2, 0.25) is 10.0 Å². The summed E-state index contributed by atoms with van der Waals surface area (Å²) in [5.41, 5.74) is 2.56. The Kier molecular flexibility index (Phi) is 11.3. The molecule has 0 unspecified atom stereocenters. The Balaban J connectivity index is 2.19. The summed E-state index contributed by atoms with van der Waals surface area (Å²) >= 11 is 13.1. The minimum absolute atomic E-state index is 0.116. The summed E-state index contributed by atoms with van der Waals surface area (Å²) in [4.78, 5) is 29.8. The molecule has 1 N–H and O–H groups in total. The van der Waals surface area contributed by atoms with Crippen LogP contribution in [0.5, 0.6) is 0 Å². The molecule has 232 valence electrons. The highest BCUT2D eigenvalue weighted by molar-refractivity contribution is 7.90. The molecule has 0 aliphatic heterocycles. The molecule has 0 saturated carbocycles. The molecular weight excluding hydrogens is 607 g/mol. The Morgan fingerprint density at radius 2 is 1.51 bits per heavy atom. The summed E-state index contributed by atoms with van der Waals surface area (Å²) in [7, 11) is -1.29. The van der Waals surface area contributed by atoms with Gasteiger partial charge in [0.05, 0.1) is 5.69 Å². The third-order valence-electron chi connectivity index (χ3n) is 6.81. The molecule has 0 aliphatic carbocycles. The topological polar surface area (TPSA) is 90.0 Å². The number of benzene rings is 3. The number of halogens is 2. The second kappa shape index (κ2) is 14.1. The first-order chi connectivity index (χ1) is 20.0. The maximum atomic E-state index is 14.5. The zero-order chi connectivity index (χ0) is 32.1. The zero-order valence-corrected chi connectivity index (χ0v) is 28.0. The standard InChI is InChI=1S/C32H40Cl2N4O4S/c1-22-16-17-23(2)28(18-22)38(43(41,42)36(6)7)21-30(39)37(20-25-26(33)14-11-15-27(25)34)29(31(40)35-32(3,4)5)19-24-12-9-8-10-13-24/h8-18,29H,19-21H2,1-7H3,(H,35,40)/t29-/m1/s1. The number of rotatable bonds is 11. The van der Waals surface area contributed by atoms with Gasteiger partial charge in [-0.15, -0.1) is 0 Å². The van der Waals surface area contributed by atoms with Crippen LogP contribution in [0.25, 0.3) is 0 Å². The minimum Gasteiger partial charge on any atom is -0.350 e. The molecule has 0 bridgehead atoms. The van der Waals surface area contributed by atoms with Crippen LogP contribution < -0.4 is 9.62 Å². The minimum atomic E-state index is -4.12. The number of amides is 2. The van der Waals surface area contributed by atoms with Crippen molar-refractivity contribution in [3.8, 4) is 0 Å². The largest absolute Gasteiger partial charge is 0.350 e. The van der Waals surface area contributed by atoms with Crippen LogP contribution in [-0.4, -0.2) is 61.7 Å². The van der Waals surface area contributed by atoms with Gasteiger partial charge in [-0.05, 0) is 69.5 Å². The number of anilines is 1. The second-order valence-corrected chi connectivity index (χ2v) is 14.6. The van der Waals surface area contributed by atoms with E-state index < -0.39 is 34.2 Å². The molecule has 0 fully saturated rings. The van der Waals surface area contributed by atoms with Crippen LogP contribution in [0.3, 0.4) is 0 Å². The predicted molar refractivity (Wildman–Crippen MR) is 175 cm³/mol. The highest BCUT2D eigenvalue weighted by atomic mass is 35.5. The number of hydrogen-bond donors (Lipinski definition) is 1. The molecular formula is C32H40Cl2N4O4S. The molecule has 3 rings (SSSR count). The van der Waals surface area contributed by atoms with Crippen molar-refractivity contribution in [2.75, 3.05) is 24.9 Å². The van der Waals surface area contributed by atoms with E-state index in [-0.39, 0.29) is 18.9 Å². The molecule has 3 aromatic rings. The first kappa shape index (κ1) is 34.4. The van der Waals surface area contributed by atoms with E-state index in [9.17, 15) is 18.0 Å². The van der Waals surface area contributed by atoms with Gasteiger partial charge < -0.3 is 10.2 Å². The van der Waals surface area contributed by atoms with Crippen molar-refractivity contribution in [1.82, 2.24) is 14.5 Å². The van der Waals surface area contributed by atoms with E-state index in [0.29, 0.717) is 26.9 Å². The first-order valence-electron chi connectivity index (χ1n) is 13.9. The van der Waals surface area contributed by atoms with Crippen molar-refractivity contribution < 1.29 is 18.0 Å². The molecule has 0 saturated heterocycles. The van der Waals surface area contributed by atoms with Gasteiger partial charge in [0.25, 0.3) is 0 Å². The number of carbonyl (C=O) groups excluding carboxylic acids is 2. The van der Waals surface area contributed by atoms with Gasteiger partial charge in [-0.25, -0.2) is 4.31 Å². The predicted octanol–water partition coefficient (Wildman–Crippen LogP) is 5.78. The van der Waals surface area contributed by atoms with Gasteiger partial charge in [0.15, 0.2) is 0 Å². The van der Waals surface area contributed by atoms with E-state index >= 15 is 0 Å². The number of nitrogens with zero attached hydrogens (tertiary/aromatic N) is 3. The van der Waals surface area contributed by atoms with Crippen LogP contribution in [-0.2, 0) is 32.8 Å². The Morgan fingerprint density at radius 3 is 2.07 bits per heavy atom. The molecule has 43 heavy (non-hydrogen) atoms. The zero-order valence-electron chi connectivity index (χ0n) is 25.7. The molecule has 0 aromatic heterocycles. The number of aryl methyl sites for hydroxylation is 2. The summed E-state index contributed by atoms with van der Waals surface area (Å²) in [5, 5.41) is 3.65. The van der Waals surface area contributed by atoms with Crippen LogP contribution >= 0.6 is 23.2 Å². The average Bonchev–Trinajstić information content (AvgIpc) is 2.91. The highest BCUT2D eigenvalue weighted by Crippen LogP contribution is 2.29. The van der Waals surface area contributed by atoms with Crippen molar-refractivity contribution in [3.05, 3.63) is 99.0 Å². The fourth-order valence-electron chi connectivity index (χ4n) is 4.55. The van der Waals surface area contributed by atoms with E-state index in [0.717, 1.165) is 19.7 Å². The van der Waals surface area contributed by atoms with Gasteiger partial charge in [-0.2, -0.15) is 12.7 Å². The van der Waals surface area contributed by atoms with Crippen LogP contribution in [0.4, 0.5) is 5.69 Å². The van der Waals surface area contributed by atoms with Crippen LogP contribution in [0, 0.1) is 13.8 Å². The van der Waals surface area contributed by atoms with Crippen molar-refractivity contribution in [3.63, 3.8) is 0 Å². The van der Waals surface area contributed by atoms with Crippen molar-refractivity contribution in [2.45, 2.75) is 59.2 Å². The van der Waals surface area contributed by atoms with E-state index in [1.54, 1.807) is 31.2 Å². The molecule has 2 amide bonds. The van der Waals surface area contributed by atoms with Crippen LogP contribution in [0.1, 0.15) is 43.0 Å². The van der Waals surface area contributed by atoms with Crippen molar-refractivity contribution >= 4 is 50.9 Å². The lowest BCUT2D eigenvalue weighted by atomic mass is 10.0. The van der Waals surface area contributed by atoms with E-state index in [1.807, 2.05) is 70.2 Å². The molecule has 0 radical (unpaired) electrons. The monoisotopic (exact) mass is 646 g/mol. The highest BCUT2D eigenvalue weighted by Gasteiger charge is 2.36. The lowest BCUT2D eigenvalue weighted by molar-refractivity contribution is -0.140. The number of carbonyl (C=O) groups is 2. The van der Waals surface area contributed by atoms with Crippen molar-refractivity contribution in [1.29, 1.82) is 0 Å². The lowest BCUT2D eigenvalue weighted by Crippen LogP contribution is -2.56. The molecule has 0 spiro atoms. The first-order valence-corrected chi connectivity index (χ1v) is 16.0. The Hall–Kier alpha value is -3.11. The van der Waals surface area contributed by atoms with Crippen LogP contribution in [0.15, 0.2) is 66.7 Å². The summed E-state index contributed by atoms with van der Waals surface area (Å²) in [5.74, 6) is -0.978. The molecule has 3 aromatic carbocycles. The normalized spacial score (nSPS) is 12.6. The fourth-order valence-corrected chi connectivity index (χ4v) is 6.18. The van der Waals surface area contributed by atoms with E-state index in [2.05, 4.69) is 5.32 Å². The number of hydrogen-bond acceptors (Lipinski definition) is 4. The Labute approximate surface area is 265 Å². The molecule has 8 nitrogen and oxygen atoms in total. The third kappa shape index (κ3) is 8.95. The third-order valence-corrected chi connectivity index (χ3v) is 9.33. The second-order valence-electron chi connectivity index (χ2n) is 11.8. The molecule has 0 heterocycles. The summed E-state index contributed by atoms with van der Waals surface area (Å²) in [6.45, 7) is 8.53. The summed E-state index contributed by atoms with van der Waals surface area (Å²) in [6.07, 6.45) is 0.181. The summed E-state index contributed by atoms with van der Waals surface area (Å²) < 4.78 is 29.5. The average molecular weight is 648 g/mol. The van der Waals surface area contributed by atoms with Gasteiger partial charge in [-0.1, -0.05) is 71.7 Å². The smallest absolute Gasteiger partial charge is 0.304 e.